The molecule has 118 valence electrons. The van der Waals surface area contributed by atoms with Crippen molar-refractivity contribution in [3.63, 3.8) is 0 Å². The van der Waals surface area contributed by atoms with E-state index in [4.69, 9.17) is 9.47 Å². The van der Waals surface area contributed by atoms with Crippen LogP contribution in [0.1, 0.15) is 23.0 Å². The number of rotatable bonds is 4. The van der Waals surface area contributed by atoms with Crippen molar-refractivity contribution in [3.05, 3.63) is 41.7 Å². The van der Waals surface area contributed by atoms with Crippen LogP contribution in [-0.2, 0) is 4.74 Å². The molecule has 2 heterocycles. The highest BCUT2D eigenvalue weighted by Crippen LogP contribution is 2.20. The molecule has 2 aromatic heterocycles. The number of carbonyl (C=O) groups excluding carboxylic acids is 1. The number of aryl methyl sites for hydroxylation is 1. The van der Waals surface area contributed by atoms with Crippen molar-refractivity contribution in [1.82, 2.24) is 19.6 Å². The lowest BCUT2D eigenvalue weighted by Crippen LogP contribution is -2.11. The van der Waals surface area contributed by atoms with Crippen LogP contribution in [0.5, 0.6) is 5.75 Å². The van der Waals surface area contributed by atoms with Crippen LogP contribution >= 0.6 is 0 Å². The zero-order chi connectivity index (χ0) is 16.4. The highest BCUT2D eigenvalue weighted by Gasteiger charge is 2.16. The predicted octanol–water partition coefficient (Wildman–Crippen LogP) is 2.29. The maximum Gasteiger partial charge on any atom is 0.341 e. The van der Waals surface area contributed by atoms with Gasteiger partial charge in [-0.05, 0) is 38.1 Å². The minimum absolute atomic E-state index is 0.310. The molecule has 7 nitrogen and oxygen atoms in total. The van der Waals surface area contributed by atoms with Crippen molar-refractivity contribution >= 4 is 11.7 Å². The normalized spacial score (nSPS) is 10.7. The fourth-order valence-electron chi connectivity index (χ4n) is 2.21. The predicted molar refractivity (Wildman–Crippen MR) is 83.5 cm³/mol. The van der Waals surface area contributed by atoms with Gasteiger partial charge < -0.3 is 9.47 Å². The van der Waals surface area contributed by atoms with E-state index in [1.54, 1.807) is 25.5 Å². The molecule has 3 aromatic rings. The van der Waals surface area contributed by atoms with Crippen LogP contribution in [0, 0.1) is 6.92 Å². The van der Waals surface area contributed by atoms with Crippen molar-refractivity contribution < 1.29 is 14.3 Å². The summed E-state index contributed by atoms with van der Waals surface area (Å²) in [6.07, 6.45) is 1.47. The molecule has 0 amide bonds. The van der Waals surface area contributed by atoms with Gasteiger partial charge >= 0.3 is 5.97 Å². The monoisotopic (exact) mass is 312 g/mol. The van der Waals surface area contributed by atoms with Gasteiger partial charge in [-0.15, -0.1) is 5.10 Å². The molecular weight excluding hydrogens is 296 g/mol. The summed E-state index contributed by atoms with van der Waals surface area (Å²) in [6, 6.07) is 7.42. The van der Waals surface area contributed by atoms with Crippen molar-refractivity contribution in [2.75, 3.05) is 13.7 Å². The summed E-state index contributed by atoms with van der Waals surface area (Å²) in [5, 5.41) is 4.44. The number of aromatic nitrogens is 4. The third-order valence-corrected chi connectivity index (χ3v) is 3.45. The average Bonchev–Trinajstić information content (AvgIpc) is 3.00. The Morgan fingerprint density at radius 3 is 2.65 bits per heavy atom. The standard InChI is InChI=1S/C16H16N4O3/c1-4-23-15(21)13-9-17-16-18-14(19-20(16)10(13)2)11-5-7-12(22-3)8-6-11/h5-9H,4H2,1-3H3. The second-order valence-electron chi connectivity index (χ2n) is 4.85. The molecule has 3 rings (SSSR count). The zero-order valence-electron chi connectivity index (χ0n) is 13.1. The van der Waals surface area contributed by atoms with E-state index in [1.165, 1.54) is 6.20 Å². The first-order chi connectivity index (χ1) is 11.1. The van der Waals surface area contributed by atoms with Crippen LogP contribution in [0.2, 0.25) is 0 Å². The molecule has 0 fully saturated rings. The van der Waals surface area contributed by atoms with E-state index in [-0.39, 0.29) is 0 Å². The lowest BCUT2D eigenvalue weighted by atomic mass is 10.2. The molecule has 0 saturated heterocycles. The van der Waals surface area contributed by atoms with E-state index < -0.39 is 5.97 Å². The number of hydrogen-bond donors (Lipinski definition) is 0. The Hall–Kier alpha value is -2.96. The molecule has 0 spiro atoms. The van der Waals surface area contributed by atoms with Crippen LogP contribution in [-0.4, -0.2) is 39.3 Å². The van der Waals surface area contributed by atoms with E-state index in [0.29, 0.717) is 29.5 Å². The first-order valence-corrected chi connectivity index (χ1v) is 7.18. The van der Waals surface area contributed by atoms with Gasteiger partial charge in [0, 0.05) is 11.8 Å². The Bertz CT molecular complexity index is 856. The summed E-state index contributed by atoms with van der Waals surface area (Å²) in [5.41, 5.74) is 1.86. The van der Waals surface area contributed by atoms with Gasteiger partial charge in [-0.25, -0.2) is 14.3 Å². The Labute approximate surface area is 132 Å². The lowest BCUT2D eigenvalue weighted by Gasteiger charge is -2.05. The molecule has 0 bridgehead atoms. The third-order valence-electron chi connectivity index (χ3n) is 3.45. The summed E-state index contributed by atoms with van der Waals surface area (Å²) in [7, 11) is 1.61. The van der Waals surface area contributed by atoms with Crippen molar-refractivity contribution in [3.8, 4) is 17.1 Å². The van der Waals surface area contributed by atoms with Gasteiger partial charge in [-0.2, -0.15) is 4.98 Å². The van der Waals surface area contributed by atoms with Gasteiger partial charge in [0.25, 0.3) is 5.78 Å². The van der Waals surface area contributed by atoms with Crippen molar-refractivity contribution in [1.29, 1.82) is 0 Å². The van der Waals surface area contributed by atoms with Crippen molar-refractivity contribution in [2.45, 2.75) is 13.8 Å². The molecular formula is C16H16N4O3. The van der Waals surface area contributed by atoms with Crippen LogP contribution in [0.25, 0.3) is 17.2 Å². The number of benzene rings is 1. The molecule has 1 aromatic carbocycles. The lowest BCUT2D eigenvalue weighted by molar-refractivity contribution is 0.0524. The van der Waals surface area contributed by atoms with Crippen molar-refractivity contribution in [2.24, 2.45) is 0 Å². The minimum atomic E-state index is -0.416. The van der Waals surface area contributed by atoms with Gasteiger partial charge in [-0.3, -0.25) is 0 Å². The van der Waals surface area contributed by atoms with E-state index in [0.717, 1.165) is 11.3 Å². The zero-order valence-corrected chi connectivity index (χ0v) is 13.1. The molecule has 0 aliphatic heterocycles. The van der Waals surface area contributed by atoms with Gasteiger partial charge in [0.1, 0.15) is 5.75 Å². The first kappa shape index (κ1) is 15.0. The summed E-state index contributed by atoms with van der Waals surface area (Å²) < 4.78 is 11.7. The molecule has 0 radical (unpaired) electrons. The van der Waals surface area contributed by atoms with Crippen LogP contribution < -0.4 is 4.74 Å². The SMILES string of the molecule is CCOC(=O)c1cnc2nc(-c3ccc(OC)cc3)nn2c1C. The highest BCUT2D eigenvalue weighted by molar-refractivity contribution is 5.90. The molecule has 0 saturated carbocycles. The van der Waals surface area contributed by atoms with Gasteiger partial charge in [0.2, 0.25) is 0 Å². The highest BCUT2D eigenvalue weighted by atomic mass is 16.5. The molecule has 0 N–H and O–H groups in total. The van der Waals surface area contributed by atoms with Gasteiger partial charge in [-0.1, -0.05) is 0 Å². The summed E-state index contributed by atoms with van der Waals surface area (Å²) in [5.74, 6) is 1.31. The number of esters is 1. The average molecular weight is 312 g/mol. The topological polar surface area (TPSA) is 78.6 Å². The number of carbonyl (C=O) groups is 1. The summed E-state index contributed by atoms with van der Waals surface area (Å²) in [4.78, 5) is 20.5. The fourth-order valence-corrected chi connectivity index (χ4v) is 2.21. The summed E-state index contributed by atoms with van der Waals surface area (Å²) >= 11 is 0. The second kappa shape index (κ2) is 6.04. The second-order valence-corrected chi connectivity index (χ2v) is 4.85. The van der Waals surface area contributed by atoms with E-state index >= 15 is 0 Å². The third kappa shape index (κ3) is 2.73. The number of hydrogen-bond acceptors (Lipinski definition) is 6. The number of fused-ring (bicyclic) bond motifs is 1. The minimum Gasteiger partial charge on any atom is -0.497 e. The number of ether oxygens (including phenoxy) is 2. The maximum atomic E-state index is 11.9. The molecule has 0 aliphatic rings. The summed E-state index contributed by atoms with van der Waals surface area (Å²) in [6.45, 7) is 3.86. The maximum absolute atomic E-state index is 11.9. The Morgan fingerprint density at radius 1 is 1.26 bits per heavy atom. The Morgan fingerprint density at radius 2 is 2.00 bits per heavy atom. The Balaban J connectivity index is 2.04. The molecule has 7 heteroatoms. The van der Waals surface area contributed by atoms with E-state index in [9.17, 15) is 4.79 Å². The molecule has 0 unspecified atom stereocenters. The molecule has 0 aliphatic carbocycles. The van der Waals surface area contributed by atoms with Gasteiger partial charge in [0.15, 0.2) is 5.82 Å². The molecule has 0 atom stereocenters. The molecule has 23 heavy (non-hydrogen) atoms. The van der Waals surface area contributed by atoms with Gasteiger partial charge in [0.05, 0.1) is 25.0 Å². The van der Waals surface area contributed by atoms with Crippen LogP contribution in [0.3, 0.4) is 0 Å². The number of nitrogens with zero attached hydrogens (tertiary/aromatic N) is 4. The van der Waals surface area contributed by atoms with E-state index in [2.05, 4.69) is 15.1 Å². The van der Waals surface area contributed by atoms with E-state index in [1.807, 2.05) is 24.3 Å². The van der Waals surface area contributed by atoms with Crippen LogP contribution in [0.15, 0.2) is 30.5 Å². The Kier molecular flexibility index (Phi) is 3.92. The van der Waals surface area contributed by atoms with Crippen LogP contribution in [0.4, 0.5) is 0 Å². The smallest absolute Gasteiger partial charge is 0.341 e. The quantitative estimate of drug-likeness (QED) is 0.688. The first-order valence-electron chi connectivity index (χ1n) is 7.18. The number of methoxy groups -OCH3 is 1. The largest absolute Gasteiger partial charge is 0.497 e. The fraction of sp³-hybridized carbons (Fsp3) is 0.250.